The van der Waals surface area contributed by atoms with E-state index in [1.54, 1.807) is 0 Å². The molecule has 1 atom stereocenters. The van der Waals surface area contributed by atoms with Gasteiger partial charge in [0.1, 0.15) is 0 Å². The Hall–Kier alpha value is -2.59. The molecule has 1 nitrogen and oxygen atoms in total. The van der Waals surface area contributed by atoms with Crippen LogP contribution in [-0.2, 0) is 6.42 Å². The number of hydrogen-bond acceptors (Lipinski definition) is 1. The van der Waals surface area contributed by atoms with Gasteiger partial charge in [-0.1, -0.05) is 66.7 Å². The molecule has 3 rings (SSSR count). The molecule has 0 spiro atoms. The minimum atomic E-state index is -0.0954. The highest BCUT2D eigenvalue weighted by Gasteiger charge is 2.11. The van der Waals surface area contributed by atoms with Crippen LogP contribution in [0.4, 0.5) is 0 Å². The lowest BCUT2D eigenvalue weighted by Gasteiger charge is -2.10. The molecule has 0 saturated carbocycles. The smallest absolute Gasteiger partial charge is 0.0753 e. The van der Waals surface area contributed by atoms with Gasteiger partial charge in [0.2, 0.25) is 0 Å². The van der Waals surface area contributed by atoms with Gasteiger partial charge in [0.05, 0.1) is 12.0 Å². The molecule has 3 aromatic carbocycles. The first-order valence-corrected chi connectivity index (χ1v) is 6.79. The Morgan fingerprint density at radius 2 is 1.50 bits per heavy atom. The Balaban J connectivity index is 1.93. The molecular weight excluding hydrogens is 242 g/mol. The summed E-state index contributed by atoms with van der Waals surface area (Å²) >= 11 is 0. The maximum absolute atomic E-state index is 9.46. The van der Waals surface area contributed by atoms with Crippen molar-refractivity contribution in [3.05, 3.63) is 83.9 Å². The van der Waals surface area contributed by atoms with E-state index in [2.05, 4.69) is 48.5 Å². The van der Waals surface area contributed by atoms with Gasteiger partial charge in [0.15, 0.2) is 0 Å². The number of benzene rings is 3. The van der Waals surface area contributed by atoms with Crippen molar-refractivity contribution in [1.29, 1.82) is 5.26 Å². The van der Waals surface area contributed by atoms with Gasteiger partial charge in [-0.2, -0.15) is 5.26 Å². The summed E-state index contributed by atoms with van der Waals surface area (Å²) < 4.78 is 0. The molecule has 1 unspecified atom stereocenters. The normalized spacial score (nSPS) is 11.9. The molecule has 3 aromatic rings. The summed E-state index contributed by atoms with van der Waals surface area (Å²) in [4.78, 5) is 0. The van der Waals surface area contributed by atoms with E-state index < -0.39 is 0 Å². The number of rotatable bonds is 3. The van der Waals surface area contributed by atoms with Crippen molar-refractivity contribution in [3.8, 4) is 6.07 Å². The zero-order valence-corrected chi connectivity index (χ0v) is 11.2. The van der Waals surface area contributed by atoms with E-state index in [1.807, 2.05) is 30.3 Å². The van der Waals surface area contributed by atoms with Crippen molar-refractivity contribution in [3.63, 3.8) is 0 Å². The van der Waals surface area contributed by atoms with Crippen LogP contribution in [0, 0.1) is 11.3 Å². The van der Waals surface area contributed by atoms with Gasteiger partial charge in [-0.15, -0.1) is 0 Å². The van der Waals surface area contributed by atoms with Crippen LogP contribution < -0.4 is 0 Å². The van der Waals surface area contributed by atoms with E-state index in [0.717, 1.165) is 12.0 Å². The predicted molar refractivity (Wildman–Crippen MR) is 82.4 cm³/mol. The number of fused-ring (bicyclic) bond motifs is 1. The van der Waals surface area contributed by atoms with Crippen molar-refractivity contribution in [2.75, 3.05) is 0 Å². The predicted octanol–water partition coefficient (Wildman–Crippen LogP) is 4.69. The number of nitriles is 1. The van der Waals surface area contributed by atoms with Gasteiger partial charge in [-0.05, 0) is 34.4 Å². The Morgan fingerprint density at radius 3 is 2.25 bits per heavy atom. The quantitative estimate of drug-likeness (QED) is 0.667. The van der Waals surface area contributed by atoms with Crippen LogP contribution in [0.15, 0.2) is 72.8 Å². The Morgan fingerprint density at radius 1 is 0.800 bits per heavy atom. The summed E-state index contributed by atoms with van der Waals surface area (Å²) in [7, 11) is 0. The first-order chi connectivity index (χ1) is 9.86. The van der Waals surface area contributed by atoms with E-state index in [0.29, 0.717) is 0 Å². The zero-order valence-electron chi connectivity index (χ0n) is 11.2. The molecule has 0 saturated heterocycles. The van der Waals surface area contributed by atoms with Gasteiger partial charge >= 0.3 is 0 Å². The molecule has 0 N–H and O–H groups in total. The SMILES string of the molecule is N#CC(Cc1ccccc1)c1ccc2ccccc2c1. The van der Waals surface area contributed by atoms with Gasteiger partial charge in [0.25, 0.3) is 0 Å². The van der Waals surface area contributed by atoms with Crippen LogP contribution in [0.25, 0.3) is 10.8 Å². The third-order valence-corrected chi connectivity index (χ3v) is 3.61. The second kappa shape index (κ2) is 5.59. The van der Waals surface area contributed by atoms with Gasteiger partial charge in [-0.25, -0.2) is 0 Å². The van der Waals surface area contributed by atoms with Crippen molar-refractivity contribution in [1.82, 2.24) is 0 Å². The molecule has 0 aliphatic carbocycles. The maximum Gasteiger partial charge on any atom is 0.0753 e. The molecule has 0 radical (unpaired) electrons. The average Bonchev–Trinajstić information content (AvgIpc) is 2.53. The number of nitrogens with zero attached hydrogens (tertiary/aromatic N) is 1. The highest BCUT2D eigenvalue weighted by Crippen LogP contribution is 2.24. The molecule has 0 bridgehead atoms. The number of hydrogen-bond donors (Lipinski definition) is 0. The van der Waals surface area contributed by atoms with E-state index in [9.17, 15) is 5.26 Å². The first kappa shape index (κ1) is 12.4. The van der Waals surface area contributed by atoms with E-state index in [-0.39, 0.29) is 5.92 Å². The molecular formula is C19H15N. The van der Waals surface area contributed by atoms with Crippen LogP contribution in [0.3, 0.4) is 0 Å². The minimum absolute atomic E-state index is 0.0954. The summed E-state index contributed by atoms with van der Waals surface area (Å²) in [5.74, 6) is -0.0954. The second-order valence-electron chi connectivity index (χ2n) is 4.98. The first-order valence-electron chi connectivity index (χ1n) is 6.79. The summed E-state index contributed by atoms with van der Waals surface area (Å²) in [6.45, 7) is 0. The van der Waals surface area contributed by atoms with Gasteiger partial charge < -0.3 is 0 Å². The lowest BCUT2D eigenvalue weighted by atomic mass is 9.92. The van der Waals surface area contributed by atoms with E-state index in [1.165, 1.54) is 16.3 Å². The van der Waals surface area contributed by atoms with Crippen LogP contribution >= 0.6 is 0 Å². The third-order valence-electron chi connectivity index (χ3n) is 3.61. The molecule has 0 aliphatic rings. The Bertz CT molecular complexity index is 753. The molecule has 96 valence electrons. The highest BCUT2D eigenvalue weighted by atomic mass is 14.3. The van der Waals surface area contributed by atoms with Crippen molar-refractivity contribution >= 4 is 10.8 Å². The summed E-state index contributed by atoms with van der Waals surface area (Å²) in [6.07, 6.45) is 0.760. The van der Waals surface area contributed by atoms with Crippen LogP contribution in [0.5, 0.6) is 0 Å². The van der Waals surface area contributed by atoms with E-state index in [4.69, 9.17) is 0 Å². The molecule has 1 heteroatoms. The summed E-state index contributed by atoms with van der Waals surface area (Å²) in [6, 6.07) is 27.2. The fourth-order valence-corrected chi connectivity index (χ4v) is 2.51. The van der Waals surface area contributed by atoms with Gasteiger partial charge in [0, 0.05) is 0 Å². The monoisotopic (exact) mass is 257 g/mol. The largest absolute Gasteiger partial charge is 0.198 e. The van der Waals surface area contributed by atoms with Crippen LogP contribution in [0.1, 0.15) is 17.0 Å². The van der Waals surface area contributed by atoms with Crippen molar-refractivity contribution in [2.45, 2.75) is 12.3 Å². The summed E-state index contributed by atoms with van der Waals surface area (Å²) in [5, 5.41) is 11.9. The van der Waals surface area contributed by atoms with Crippen LogP contribution in [0.2, 0.25) is 0 Å². The molecule has 0 amide bonds. The Kier molecular flexibility index (Phi) is 3.48. The topological polar surface area (TPSA) is 23.8 Å². The zero-order chi connectivity index (χ0) is 13.8. The lowest BCUT2D eigenvalue weighted by Crippen LogP contribution is -2.00. The summed E-state index contributed by atoms with van der Waals surface area (Å²) in [5.41, 5.74) is 2.29. The molecule has 0 aliphatic heterocycles. The van der Waals surface area contributed by atoms with Crippen LogP contribution in [-0.4, -0.2) is 0 Å². The van der Waals surface area contributed by atoms with E-state index >= 15 is 0 Å². The average molecular weight is 257 g/mol. The molecule has 20 heavy (non-hydrogen) atoms. The van der Waals surface area contributed by atoms with Gasteiger partial charge in [-0.3, -0.25) is 0 Å². The Labute approximate surface area is 119 Å². The standard InChI is InChI=1S/C19H15N/c20-14-19(12-15-6-2-1-3-7-15)18-11-10-16-8-4-5-9-17(16)13-18/h1-11,13,19H,12H2. The highest BCUT2D eigenvalue weighted by molar-refractivity contribution is 5.83. The fraction of sp³-hybridized carbons (Fsp3) is 0.105. The minimum Gasteiger partial charge on any atom is -0.198 e. The molecule has 0 heterocycles. The van der Waals surface area contributed by atoms with Crippen molar-refractivity contribution < 1.29 is 0 Å². The fourth-order valence-electron chi connectivity index (χ4n) is 2.51. The molecule has 0 aromatic heterocycles. The third kappa shape index (κ3) is 2.55. The van der Waals surface area contributed by atoms with Crippen molar-refractivity contribution in [2.24, 2.45) is 0 Å². The second-order valence-corrected chi connectivity index (χ2v) is 4.98. The maximum atomic E-state index is 9.46. The lowest BCUT2D eigenvalue weighted by molar-refractivity contribution is 0.851. The molecule has 0 fully saturated rings.